The SMILES string of the molecule is CC(CCC(=O)O)NC(=O)CCOc1cccc(Br)c1. The fraction of sp³-hybridized carbons (Fsp3) is 0.429. The van der Waals surface area contributed by atoms with Gasteiger partial charge in [-0.2, -0.15) is 0 Å². The van der Waals surface area contributed by atoms with Crippen molar-refractivity contribution in [2.24, 2.45) is 0 Å². The van der Waals surface area contributed by atoms with Gasteiger partial charge in [0.2, 0.25) is 5.91 Å². The Kier molecular flexibility index (Phi) is 7.08. The summed E-state index contributed by atoms with van der Waals surface area (Å²) in [5, 5.41) is 11.3. The highest BCUT2D eigenvalue weighted by Gasteiger charge is 2.09. The third-order valence-electron chi connectivity index (χ3n) is 2.59. The number of ether oxygens (including phenoxy) is 1. The van der Waals surface area contributed by atoms with E-state index in [4.69, 9.17) is 9.84 Å². The highest BCUT2D eigenvalue weighted by Crippen LogP contribution is 2.17. The van der Waals surface area contributed by atoms with E-state index in [0.717, 1.165) is 4.47 Å². The van der Waals surface area contributed by atoms with E-state index in [1.54, 1.807) is 6.92 Å². The molecule has 1 atom stereocenters. The number of carbonyl (C=O) groups is 2. The lowest BCUT2D eigenvalue weighted by atomic mass is 10.2. The first-order chi connectivity index (χ1) is 9.47. The van der Waals surface area contributed by atoms with Crippen LogP contribution in [0.5, 0.6) is 5.75 Å². The number of halogens is 1. The Hall–Kier alpha value is -1.56. The second-order valence-electron chi connectivity index (χ2n) is 4.46. The van der Waals surface area contributed by atoms with E-state index in [-0.39, 0.29) is 31.4 Å². The second kappa shape index (κ2) is 8.58. The van der Waals surface area contributed by atoms with Crippen molar-refractivity contribution in [1.29, 1.82) is 0 Å². The Labute approximate surface area is 126 Å². The van der Waals surface area contributed by atoms with Crippen LogP contribution in [0.3, 0.4) is 0 Å². The molecular weight excluding hydrogens is 326 g/mol. The molecular formula is C14H18BrNO4. The summed E-state index contributed by atoms with van der Waals surface area (Å²) in [5.74, 6) is -0.298. The van der Waals surface area contributed by atoms with Gasteiger partial charge in [-0.05, 0) is 31.5 Å². The van der Waals surface area contributed by atoms with Gasteiger partial charge < -0.3 is 15.2 Å². The first-order valence-corrected chi connectivity index (χ1v) is 7.16. The van der Waals surface area contributed by atoms with Crippen LogP contribution >= 0.6 is 15.9 Å². The summed E-state index contributed by atoms with van der Waals surface area (Å²) in [4.78, 5) is 22.0. The molecule has 20 heavy (non-hydrogen) atoms. The average molecular weight is 344 g/mol. The lowest BCUT2D eigenvalue weighted by Crippen LogP contribution is -2.33. The van der Waals surface area contributed by atoms with Crippen LogP contribution in [-0.4, -0.2) is 29.6 Å². The number of hydrogen-bond acceptors (Lipinski definition) is 3. The Bertz CT molecular complexity index is 464. The molecule has 0 aliphatic carbocycles. The normalized spacial score (nSPS) is 11.7. The van der Waals surface area contributed by atoms with Crippen LogP contribution in [0.25, 0.3) is 0 Å². The van der Waals surface area contributed by atoms with E-state index in [1.807, 2.05) is 24.3 Å². The third kappa shape index (κ3) is 7.13. The quantitative estimate of drug-likeness (QED) is 0.760. The van der Waals surface area contributed by atoms with E-state index in [1.165, 1.54) is 0 Å². The molecule has 2 N–H and O–H groups in total. The molecule has 0 saturated carbocycles. The molecule has 0 aliphatic heterocycles. The van der Waals surface area contributed by atoms with Crippen LogP contribution in [-0.2, 0) is 9.59 Å². The molecule has 0 heterocycles. The number of benzene rings is 1. The zero-order valence-corrected chi connectivity index (χ0v) is 12.9. The fourth-order valence-electron chi connectivity index (χ4n) is 1.58. The van der Waals surface area contributed by atoms with Crippen molar-refractivity contribution in [3.8, 4) is 5.75 Å². The minimum atomic E-state index is -0.857. The summed E-state index contributed by atoms with van der Waals surface area (Å²) in [6.07, 6.45) is 0.716. The van der Waals surface area contributed by atoms with Gasteiger partial charge in [-0.25, -0.2) is 0 Å². The minimum absolute atomic E-state index is 0.0516. The highest BCUT2D eigenvalue weighted by molar-refractivity contribution is 9.10. The van der Waals surface area contributed by atoms with Gasteiger partial charge in [0.25, 0.3) is 0 Å². The highest BCUT2D eigenvalue weighted by atomic mass is 79.9. The van der Waals surface area contributed by atoms with Crippen molar-refractivity contribution in [3.63, 3.8) is 0 Å². The predicted octanol–water partition coefficient (Wildman–Crippen LogP) is 2.59. The van der Waals surface area contributed by atoms with Crippen LogP contribution in [0.4, 0.5) is 0 Å². The summed E-state index contributed by atoms with van der Waals surface area (Å²) in [5.41, 5.74) is 0. The van der Waals surface area contributed by atoms with E-state index in [2.05, 4.69) is 21.2 Å². The molecule has 0 fully saturated rings. The van der Waals surface area contributed by atoms with Crippen molar-refractivity contribution in [1.82, 2.24) is 5.32 Å². The van der Waals surface area contributed by atoms with Crippen LogP contribution in [0.2, 0.25) is 0 Å². The van der Waals surface area contributed by atoms with Crippen molar-refractivity contribution in [2.75, 3.05) is 6.61 Å². The monoisotopic (exact) mass is 343 g/mol. The van der Waals surface area contributed by atoms with Gasteiger partial charge in [-0.3, -0.25) is 9.59 Å². The summed E-state index contributed by atoms with van der Waals surface area (Å²) >= 11 is 3.34. The summed E-state index contributed by atoms with van der Waals surface area (Å²) in [7, 11) is 0. The van der Waals surface area contributed by atoms with E-state index in [9.17, 15) is 9.59 Å². The number of carbonyl (C=O) groups excluding carboxylic acids is 1. The zero-order valence-electron chi connectivity index (χ0n) is 11.3. The fourth-order valence-corrected chi connectivity index (χ4v) is 1.96. The molecule has 6 heteroatoms. The average Bonchev–Trinajstić information content (AvgIpc) is 2.36. The number of hydrogen-bond donors (Lipinski definition) is 2. The number of carboxylic acid groups (broad SMARTS) is 1. The van der Waals surface area contributed by atoms with E-state index in [0.29, 0.717) is 12.2 Å². The van der Waals surface area contributed by atoms with Gasteiger partial charge >= 0.3 is 5.97 Å². The standard InChI is InChI=1S/C14H18BrNO4/c1-10(5-6-14(18)19)16-13(17)7-8-20-12-4-2-3-11(15)9-12/h2-4,9-10H,5-8H2,1H3,(H,16,17)(H,18,19). The second-order valence-corrected chi connectivity index (χ2v) is 5.37. The maximum atomic E-state index is 11.6. The minimum Gasteiger partial charge on any atom is -0.493 e. The Morgan fingerprint density at radius 3 is 2.80 bits per heavy atom. The molecule has 0 saturated heterocycles. The molecule has 1 aromatic rings. The number of nitrogens with one attached hydrogen (secondary N) is 1. The van der Waals surface area contributed by atoms with E-state index < -0.39 is 5.97 Å². The smallest absolute Gasteiger partial charge is 0.303 e. The van der Waals surface area contributed by atoms with Gasteiger partial charge in [0.15, 0.2) is 0 Å². The van der Waals surface area contributed by atoms with Crippen molar-refractivity contribution in [2.45, 2.75) is 32.2 Å². The molecule has 110 valence electrons. The van der Waals surface area contributed by atoms with Crippen LogP contribution in [0, 0.1) is 0 Å². The molecule has 1 amide bonds. The molecule has 5 nitrogen and oxygen atoms in total. The molecule has 1 unspecified atom stereocenters. The summed E-state index contributed by atoms with van der Waals surface area (Å²) in [6, 6.07) is 7.24. The molecule has 0 aromatic heterocycles. The number of aliphatic carboxylic acids is 1. The largest absolute Gasteiger partial charge is 0.493 e. The van der Waals surface area contributed by atoms with Gasteiger partial charge in [-0.15, -0.1) is 0 Å². The Morgan fingerprint density at radius 1 is 1.40 bits per heavy atom. The lowest BCUT2D eigenvalue weighted by molar-refractivity contribution is -0.137. The first kappa shape index (κ1) is 16.5. The number of amides is 1. The van der Waals surface area contributed by atoms with Crippen molar-refractivity contribution < 1.29 is 19.4 Å². The molecule has 0 radical (unpaired) electrons. The maximum absolute atomic E-state index is 11.6. The van der Waals surface area contributed by atoms with Crippen molar-refractivity contribution >= 4 is 27.8 Å². The predicted molar refractivity (Wildman–Crippen MR) is 78.7 cm³/mol. The lowest BCUT2D eigenvalue weighted by Gasteiger charge is -2.13. The molecule has 0 bridgehead atoms. The molecule has 1 aromatic carbocycles. The van der Waals surface area contributed by atoms with E-state index >= 15 is 0 Å². The zero-order chi connectivity index (χ0) is 15.0. The third-order valence-corrected chi connectivity index (χ3v) is 3.09. The summed E-state index contributed by atoms with van der Waals surface area (Å²) < 4.78 is 6.37. The summed E-state index contributed by atoms with van der Waals surface area (Å²) in [6.45, 7) is 2.07. The van der Waals surface area contributed by atoms with Gasteiger partial charge in [0, 0.05) is 16.9 Å². The molecule has 0 aliphatic rings. The number of rotatable bonds is 8. The first-order valence-electron chi connectivity index (χ1n) is 6.37. The van der Waals surface area contributed by atoms with Crippen LogP contribution < -0.4 is 10.1 Å². The van der Waals surface area contributed by atoms with Gasteiger partial charge in [0.1, 0.15) is 5.75 Å². The van der Waals surface area contributed by atoms with Crippen LogP contribution in [0.1, 0.15) is 26.2 Å². The Balaban J connectivity index is 2.21. The van der Waals surface area contributed by atoms with Gasteiger partial charge in [-0.1, -0.05) is 22.0 Å². The Morgan fingerprint density at radius 2 is 2.15 bits per heavy atom. The number of carboxylic acids is 1. The van der Waals surface area contributed by atoms with Gasteiger partial charge in [0.05, 0.1) is 13.0 Å². The van der Waals surface area contributed by atoms with Crippen LogP contribution in [0.15, 0.2) is 28.7 Å². The molecule has 1 rings (SSSR count). The van der Waals surface area contributed by atoms with Crippen molar-refractivity contribution in [3.05, 3.63) is 28.7 Å². The molecule has 0 spiro atoms. The topological polar surface area (TPSA) is 75.6 Å². The maximum Gasteiger partial charge on any atom is 0.303 e.